The SMILES string of the molecule is Cc1nn(C(C)C)c(C)c1NC(=O)C1CNC(=O)CN1. The Kier molecular flexibility index (Phi) is 4.08. The quantitative estimate of drug-likeness (QED) is 0.732. The molecule has 1 aromatic rings. The minimum Gasteiger partial charge on any atom is -0.353 e. The highest BCUT2D eigenvalue weighted by molar-refractivity contribution is 5.97. The molecule has 0 spiro atoms. The van der Waals surface area contributed by atoms with Gasteiger partial charge in [0.05, 0.1) is 23.6 Å². The van der Waals surface area contributed by atoms with Crippen LogP contribution in [0.3, 0.4) is 0 Å². The van der Waals surface area contributed by atoms with Crippen LogP contribution >= 0.6 is 0 Å². The molecule has 0 aliphatic carbocycles. The molecule has 20 heavy (non-hydrogen) atoms. The van der Waals surface area contributed by atoms with E-state index < -0.39 is 6.04 Å². The van der Waals surface area contributed by atoms with Crippen LogP contribution in [0.25, 0.3) is 0 Å². The van der Waals surface area contributed by atoms with E-state index in [1.54, 1.807) is 0 Å². The zero-order chi connectivity index (χ0) is 14.9. The van der Waals surface area contributed by atoms with Crippen molar-refractivity contribution >= 4 is 17.5 Å². The fourth-order valence-corrected chi connectivity index (χ4v) is 2.31. The van der Waals surface area contributed by atoms with Gasteiger partial charge in [0.15, 0.2) is 0 Å². The smallest absolute Gasteiger partial charge is 0.243 e. The summed E-state index contributed by atoms with van der Waals surface area (Å²) in [6.07, 6.45) is 0. The van der Waals surface area contributed by atoms with Gasteiger partial charge in [-0.1, -0.05) is 0 Å². The number of amides is 2. The maximum atomic E-state index is 12.2. The zero-order valence-electron chi connectivity index (χ0n) is 12.3. The van der Waals surface area contributed by atoms with Gasteiger partial charge in [-0.25, -0.2) is 0 Å². The molecule has 110 valence electrons. The molecule has 3 N–H and O–H groups in total. The molecule has 2 rings (SSSR count). The molecule has 1 aliphatic rings. The molecular formula is C13H21N5O2. The number of piperazine rings is 1. The van der Waals surface area contributed by atoms with Crippen LogP contribution in [0, 0.1) is 13.8 Å². The first-order valence-corrected chi connectivity index (χ1v) is 6.76. The van der Waals surface area contributed by atoms with Crippen LogP contribution in [-0.4, -0.2) is 40.7 Å². The van der Waals surface area contributed by atoms with Crippen LogP contribution < -0.4 is 16.0 Å². The highest BCUT2D eigenvalue weighted by atomic mass is 16.2. The molecule has 7 heteroatoms. The Labute approximate surface area is 118 Å². The van der Waals surface area contributed by atoms with E-state index in [1.807, 2.05) is 32.4 Å². The maximum Gasteiger partial charge on any atom is 0.243 e. The number of hydrogen-bond donors (Lipinski definition) is 3. The lowest BCUT2D eigenvalue weighted by Crippen LogP contribution is -2.56. The number of carbonyl (C=O) groups is 2. The number of aromatic nitrogens is 2. The zero-order valence-corrected chi connectivity index (χ0v) is 12.3. The first-order chi connectivity index (χ1) is 9.40. The van der Waals surface area contributed by atoms with Crippen molar-refractivity contribution in [3.63, 3.8) is 0 Å². The number of hydrogen-bond acceptors (Lipinski definition) is 4. The third-order valence-corrected chi connectivity index (χ3v) is 3.39. The van der Waals surface area contributed by atoms with Crippen LogP contribution in [-0.2, 0) is 9.59 Å². The summed E-state index contributed by atoms with van der Waals surface area (Å²) in [6.45, 7) is 8.37. The summed E-state index contributed by atoms with van der Waals surface area (Å²) in [5.41, 5.74) is 2.48. The van der Waals surface area contributed by atoms with E-state index in [2.05, 4.69) is 21.0 Å². The van der Waals surface area contributed by atoms with Gasteiger partial charge in [-0.2, -0.15) is 5.10 Å². The number of anilines is 1. The van der Waals surface area contributed by atoms with Crippen molar-refractivity contribution in [1.82, 2.24) is 20.4 Å². The van der Waals surface area contributed by atoms with Crippen molar-refractivity contribution < 1.29 is 9.59 Å². The van der Waals surface area contributed by atoms with Gasteiger partial charge in [-0.15, -0.1) is 0 Å². The summed E-state index contributed by atoms with van der Waals surface area (Å²) in [5, 5.41) is 12.9. The van der Waals surface area contributed by atoms with Gasteiger partial charge < -0.3 is 10.6 Å². The van der Waals surface area contributed by atoms with Gasteiger partial charge >= 0.3 is 0 Å². The minimum atomic E-state index is -0.408. The van der Waals surface area contributed by atoms with Crippen LogP contribution in [0.2, 0.25) is 0 Å². The Bertz CT molecular complexity index is 525. The third kappa shape index (κ3) is 2.82. The monoisotopic (exact) mass is 279 g/mol. The number of carbonyl (C=O) groups excluding carboxylic acids is 2. The van der Waals surface area contributed by atoms with Gasteiger partial charge in [-0.05, 0) is 27.7 Å². The van der Waals surface area contributed by atoms with Gasteiger partial charge in [-0.3, -0.25) is 19.6 Å². The topological polar surface area (TPSA) is 88.1 Å². The predicted octanol–water partition coefficient (Wildman–Crippen LogP) is 0.107. The van der Waals surface area contributed by atoms with Gasteiger partial charge in [0.25, 0.3) is 0 Å². The second-order valence-corrected chi connectivity index (χ2v) is 5.31. The van der Waals surface area contributed by atoms with Crippen LogP contribution in [0.15, 0.2) is 0 Å². The first-order valence-electron chi connectivity index (χ1n) is 6.76. The van der Waals surface area contributed by atoms with E-state index in [-0.39, 0.29) is 24.4 Å². The lowest BCUT2D eigenvalue weighted by atomic mass is 10.2. The van der Waals surface area contributed by atoms with E-state index in [1.165, 1.54) is 0 Å². The summed E-state index contributed by atoms with van der Waals surface area (Å²) in [6, 6.07) is -0.166. The van der Waals surface area contributed by atoms with Crippen LogP contribution in [0.5, 0.6) is 0 Å². The molecule has 0 bridgehead atoms. The molecule has 0 aromatic carbocycles. The lowest BCUT2D eigenvalue weighted by Gasteiger charge is -2.23. The van der Waals surface area contributed by atoms with Gasteiger partial charge in [0, 0.05) is 12.6 Å². The van der Waals surface area contributed by atoms with Crippen LogP contribution in [0.4, 0.5) is 5.69 Å². The summed E-state index contributed by atoms with van der Waals surface area (Å²) in [7, 11) is 0. The van der Waals surface area contributed by atoms with Crippen molar-refractivity contribution in [2.75, 3.05) is 18.4 Å². The fraction of sp³-hybridized carbons (Fsp3) is 0.615. The van der Waals surface area contributed by atoms with Crippen molar-refractivity contribution in [3.8, 4) is 0 Å². The molecule has 2 amide bonds. The molecule has 1 unspecified atom stereocenters. The Hall–Kier alpha value is -1.89. The molecule has 7 nitrogen and oxygen atoms in total. The molecule has 1 saturated heterocycles. The Morgan fingerprint density at radius 3 is 2.65 bits per heavy atom. The molecular weight excluding hydrogens is 258 g/mol. The molecule has 1 aromatic heterocycles. The van der Waals surface area contributed by atoms with E-state index >= 15 is 0 Å². The Morgan fingerprint density at radius 1 is 1.45 bits per heavy atom. The third-order valence-electron chi connectivity index (χ3n) is 3.39. The summed E-state index contributed by atoms with van der Waals surface area (Å²) in [4.78, 5) is 23.3. The molecule has 1 fully saturated rings. The molecule has 0 saturated carbocycles. The van der Waals surface area contributed by atoms with Crippen LogP contribution in [0.1, 0.15) is 31.3 Å². The highest BCUT2D eigenvalue weighted by Crippen LogP contribution is 2.22. The number of aryl methyl sites for hydroxylation is 1. The van der Waals surface area contributed by atoms with E-state index in [0.717, 1.165) is 17.1 Å². The second-order valence-electron chi connectivity index (χ2n) is 5.31. The number of nitrogens with zero attached hydrogens (tertiary/aromatic N) is 2. The highest BCUT2D eigenvalue weighted by Gasteiger charge is 2.25. The summed E-state index contributed by atoms with van der Waals surface area (Å²) in [5.74, 6) is -0.242. The second kappa shape index (κ2) is 5.62. The summed E-state index contributed by atoms with van der Waals surface area (Å²) >= 11 is 0. The number of nitrogens with one attached hydrogen (secondary N) is 3. The van der Waals surface area contributed by atoms with E-state index in [4.69, 9.17) is 0 Å². The minimum absolute atomic E-state index is 0.0889. The van der Waals surface area contributed by atoms with Crippen molar-refractivity contribution in [2.24, 2.45) is 0 Å². The first kappa shape index (κ1) is 14.5. The fourth-order valence-electron chi connectivity index (χ4n) is 2.31. The average Bonchev–Trinajstić information content (AvgIpc) is 2.67. The van der Waals surface area contributed by atoms with Crippen molar-refractivity contribution in [2.45, 2.75) is 39.8 Å². The van der Waals surface area contributed by atoms with E-state index in [9.17, 15) is 9.59 Å². The Morgan fingerprint density at radius 2 is 2.15 bits per heavy atom. The summed E-state index contributed by atoms with van der Waals surface area (Å²) < 4.78 is 1.89. The van der Waals surface area contributed by atoms with Gasteiger partial charge in [0.1, 0.15) is 6.04 Å². The Balaban J connectivity index is 2.10. The molecule has 1 atom stereocenters. The largest absolute Gasteiger partial charge is 0.353 e. The van der Waals surface area contributed by atoms with Crippen molar-refractivity contribution in [1.29, 1.82) is 0 Å². The molecule has 0 radical (unpaired) electrons. The maximum absolute atomic E-state index is 12.2. The number of rotatable bonds is 3. The van der Waals surface area contributed by atoms with Crippen molar-refractivity contribution in [3.05, 3.63) is 11.4 Å². The molecule has 2 heterocycles. The normalized spacial score (nSPS) is 19.1. The lowest BCUT2D eigenvalue weighted by molar-refractivity contribution is -0.124. The van der Waals surface area contributed by atoms with E-state index in [0.29, 0.717) is 6.54 Å². The predicted molar refractivity (Wildman–Crippen MR) is 75.5 cm³/mol. The van der Waals surface area contributed by atoms with Gasteiger partial charge in [0.2, 0.25) is 11.8 Å². The average molecular weight is 279 g/mol. The standard InChI is InChI=1S/C13H21N5O2/c1-7(2)18-9(4)12(8(3)17-18)16-13(20)10-5-15-11(19)6-14-10/h7,10,14H,5-6H2,1-4H3,(H,15,19)(H,16,20). The molecule has 1 aliphatic heterocycles.